The lowest BCUT2D eigenvalue weighted by molar-refractivity contribution is -0.0185. The summed E-state index contributed by atoms with van der Waals surface area (Å²) in [5.41, 5.74) is 1.19. The van der Waals surface area contributed by atoms with Crippen molar-refractivity contribution in [1.82, 2.24) is 25.2 Å². The van der Waals surface area contributed by atoms with Gasteiger partial charge in [-0.15, -0.1) is 0 Å². The molecule has 0 saturated carbocycles. The molecule has 10 heteroatoms. The summed E-state index contributed by atoms with van der Waals surface area (Å²) in [6.45, 7) is 11.8. The molecule has 1 aromatic carbocycles. The predicted octanol–water partition coefficient (Wildman–Crippen LogP) is 3.88. The van der Waals surface area contributed by atoms with E-state index in [2.05, 4.69) is 40.5 Å². The van der Waals surface area contributed by atoms with Gasteiger partial charge >= 0.3 is 0 Å². The van der Waals surface area contributed by atoms with Gasteiger partial charge in [-0.05, 0) is 26.0 Å². The summed E-state index contributed by atoms with van der Waals surface area (Å²) in [6, 6.07) is 6.23. The van der Waals surface area contributed by atoms with Crippen LogP contribution in [-0.2, 0) is 0 Å². The summed E-state index contributed by atoms with van der Waals surface area (Å²) in [5, 5.41) is 6.21. The maximum Gasteiger partial charge on any atom is 0.286 e. The van der Waals surface area contributed by atoms with Gasteiger partial charge in [-0.2, -0.15) is 5.01 Å². The molecule has 188 valence electrons. The zero-order valence-electron chi connectivity index (χ0n) is 20.4. The van der Waals surface area contributed by atoms with Crippen LogP contribution in [0.15, 0.2) is 37.0 Å². The van der Waals surface area contributed by atoms with E-state index in [0.29, 0.717) is 11.6 Å². The average molecular weight is 489 g/mol. The van der Waals surface area contributed by atoms with Gasteiger partial charge in [-0.25, -0.2) is 18.2 Å². The fourth-order valence-corrected chi connectivity index (χ4v) is 4.56. The quantitative estimate of drug-likeness (QED) is 0.666. The van der Waals surface area contributed by atoms with Gasteiger partial charge in [0.2, 0.25) is 0 Å². The highest BCUT2D eigenvalue weighted by atomic mass is 19.3. The number of benzene rings is 1. The number of alkyl halides is 2. The number of fused-ring (bicyclic) bond motifs is 1. The molecule has 4 rings (SSSR count). The number of carbonyl (C=O) groups excluding carboxylic acids is 1. The molecule has 35 heavy (non-hydrogen) atoms. The van der Waals surface area contributed by atoms with Gasteiger partial charge in [0.15, 0.2) is 0 Å². The Balaban J connectivity index is 1.64. The molecule has 1 fully saturated rings. The number of pyridine rings is 1. The monoisotopic (exact) mass is 488 g/mol. The average Bonchev–Trinajstić information content (AvgIpc) is 2.84. The molecule has 1 atom stereocenters. The summed E-state index contributed by atoms with van der Waals surface area (Å²) in [6.07, 6.45) is -1.84. The molecule has 1 N–H and O–H groups in total. The number of carbonyl (C=O) groups is 1. The largest absolute Gasteiger partial charge is 0.368 e. The van der Waals surface area contributed by atoms with Crippen LogP contribution in [0.4, 0.5) is 18.9 Å². The van der Waals surface area contributed by atoms with Crippen LogP contribution in [0.3, 0.4) is 0 Å². The molecular weight excluding hydrogens is 457 g/mol. The number of hydrogen-bond acceptors (Lipinski definition) is 6. The van der Waals surface area contributed by atoms with Gasteiger partial charge in [0.1, 0.15) is 17.7 Å². The normalized spacial score (nSPS) is 19.5. The van der Waals surface area contributed by atoms with Gasteiger partial charge in [0.05, 0.1) is 17.4 Å². The molecule has 2 aromatic rings. The van der Waals surface area contributed by atoms with Crippen molar-refractivity contribution < 1.29 is 18.0 Å². The van der Waals surface area contributed by atoms with Gasteiger partial charge in [-0.3, -0.25) is 14.7 Å². The minimum absolute atomic E-state index is 0.0498. The SMILES string of the molecule is C=C(NC1c2cc(N3CCN(C(C)C)CC3)cnc2C(=O)N(C)N1C)c1cccc(C(F)F)c1F. The Hall–Kier alpha value is -3.11. The Morgan fingerprint density at radius 3 is 2.49 bits per heavy atom. The molecule has 7 nitrogen and oxygen atoms in total. The van der Waals surface area contributed by atoms with E-state index in [9.17, 15) is 18.0 Å². The zero-order chi connectivity index (χ0) is 25.4. The van der Waals surface area contributed by atoms with Crippen molar-refractivity contribution in [1.29, 1.82) is 0 Å². The Morgan fingerprint density at radius 2 is 1.86 bits per heavy atom. The minimum Gasteiger partial charge on any atom is -0.368 e. The number of hydrogen-bond donors (Lipinski definition) is 1. The van der Waals surface area contributed by atoms with Crippen LogP contribution in [0.25, 0.3) is 5.70 Å². The maximum absolute atomic E-state index is 14.8. The first-order valence-corrected chi connectivity index (χ1v) is 11.6. The number of rotatable bonds is 6. The lowest BCUT2D eigenvalue weighted by Gasteiger charge is -2.42. The fourth-order valence-electron chi connectivity index (χ4n) is 4.56. The Bertz CT molecular complexity index is 1120. The van der Waals surface area contributed by atoms with E-state index < -0.39 is 24.0 Å². The van der Waals surface area contributed by atoms with Crippen molar-refractivity contribution in [2.75, 3.05) is 45.2 Å². The molecule has 0 radical (unpaired) electrons. The molecular formula is C25H31F3N6O. The van der Waals surface area contributed by atoms with Crippen LogP contribution in [0.1, 0.15) is 53.6 Å². The molecule has 1 unspecified atom stereocenters. The fraction of sp³-hybridized carbons (Fsp3) is 0.440. The lowest BCUT2D eigenvalue weighted by atomic mass is 10.0. The van der Waals surface area contributed by atoms with Crippen molar-refractivity contribution >= 4 is 17.3 Å². The molecule has 1 aromatic heterocycles. The van der Waals surface area contributed by atoms with Crippen LogP contribution < -0.4 is 10.2 Å². The van der Waals surface area contributed by atoms with Gasteiger partial charge in [0.25, 0.3) is 12.3 Å². The summed E-state index contributed by atoms with van der Waals surface area (Å²) in [7, 11) is 3.33. The van der Waals surface area contributed by atoms with Crippen LogP contribution in [0.2, 0.25) is 0 Å². The first-order chi connectivity index (χ1) is 16.6. The molecule has 2 aliphatic rings. The second kappa shape index (κ2) is 9.87. The van der Waals surface area contributed by atoms with E-state index in [1.165, 1.54) is 17.1 Å². The van der Waals surface area contributed by atoms with Gasteiger partial charge in [0, 0.05) is 63.1 Å². The molecule has 0 spiro atoms. The third-order valence-electron chi connectivity index (χ3n) is 6.85. The van der Waals surface area contributed by atoms with Gasteiger partial charge < -0.3 is 10.2 Å². The molecule has 3 heterocycles. The highest BCUT2D eigenvalue weighted by Crippen LogP contribution is 2.33. The summed E-state index contributed by atoms with van der Waals surface area (Å²) >= 11 is 0. The predicted molar refractivity (Wildman–Crippen MR) is 129 cm³/mol. The third kappa shape index (κ3) is 4.72. The number of hydrazine groups is 1. The Morgan fingerprint density at radius 1 is 1.17 bits per heavy atom. The van der Waals surface area contributed by atoms with Gasteiger partial charge in [-0.1, -0.05) is 18.7 Å². The maximum atomic E-state index is 14.8. The highest BCUT2D eigenvalue weighted by Gasteiger charge is 2.36. The second-order valence-corrected chi connectivity index (χ2v) is 9.19. The molecule has 0 aliphatic carbocycles. The molecule has 1 amide bonds. The van der Waals surface area contributed by atoms with Crippen LogP contribution in [0.5, 0.6) is 0 Å². The number of aromatic nitrogens is 1. The van der Waals surface area contributed by atoms with E-state index in [0.717, 1.165) is 37.9 Å². The van der Waals surface area contributed by atoms with Crippen LogP contribution in [0, 0.1) is 5.82 Å². The van der Waals surface area contributed by atoms with Crippen LogP contribution in [-0.4, -0.2) is 72.1 Å². The topological polar surface area (TPSA) is 55.0 Å². The Kier molecular flexibility index (Phi) is 7.05. The zero-order valence-corrected chi connectivity index (χ0v) is 20.4. The minimum atomic E-state index is -2.94. The van der Waals surface area contributed by atoms with Crippen molar-refractivity contribution in [3.05, 3.63) is 65.2 Å². The first-order valence-electron chi connectivity index (χ1n) is 11.6. The molecule has 1 saturated heterocycles. The first kappa shape index (κ1) is 25.0. The standard InChI is InChI=1S/C25H31F3N6O/c1-15(2)33-9-11-34(12-10-33)17-13-20-22(29-14-17)25(35)32(5)31(4)24(20)30-16(3)18-7-6-8-19(21(18)26)23(27)28/h6-8,13-15,23-24,30H,3,9-12H2,1-2,4-5H3. The van der Waals surface area contributed by atoms with Crippen molar-refractivity contribution in [3.8, 4) is 0 Å². The summed E-state index contributed by atoms with van der Waals surface area (Å²) in [4.78, 5) is 22.0. The smallest absolute Gasteiger partial charge is 0.286 e. The number of anilines is 1. The van der Waals surface area contributed by atoms with E-state index in [-0.39, 0.29) is 22.9 Å². The summed E-state index contributed by atoms with van der Waals surface area (Å²) in [5.74, 6) is -1.29. The van der Waals surface area contributed by atoms with Crippen molar-refractivity contribution in [2.24, 2.45) is 0 Å². The number of piperazine rings is 1. The van der Waals surface area contributed by atoms with Crippen molar-refractivity contribution in [2.45, 2.75) is 32.5 Å². The van der Waals surface area contributed by atoms with E-state index in [1.54, 1.807) is 25.3 Å². The molecule has 0 bridgehead atoms. The molecule has 2 aliphatic heterocycles. The van der Waals surface area contributed by atoms with E-state index in [1.807, 2.05) is 6.07 Å². The van der Waals surface area contributed by atoms with Crippen molar-refractivity contribution in [3.63, 3.8) is 0 Å². The third-order valence-corrected chi connectivity index (χ3v) is 6.85. The van der Waals surface area contributed by atoms with E-state index >= 15 is 0 Å². The highest BCUT2D eigenvalue weighted by molar-refractivity contribution is 5.95. The number of nitrogens with one attached hydrogen (secondary N) is 1. The summed E-state index contributed by atoms with van der Waals surface area (Å²) < 4.78 is 41.2. The lowest BCUT2D eigenvalue weighted by Crippen LogP contribution is -2.52. The number of halogens is 3. The number of nitrogens with zero attached hydrogens (tertiary/aromatic N) is 5. The second-order valence-electron chi connectivity index (χ2n) is 9.19. The number of amides is 1. The van der Waals surface area contributed by atoms with E-state index in [4.69, 9.17) is 0 Å². The van der Waals surface area contributed by atoms with Crippen LogP contribution >= 0.6 is 0 Å². The Labute approximate surface area is 203 Å².